The summed E-state index contributed by atoms with van der Waals surface area (Å²) < 4.78 is 12.2. The maximum atomic E-state index is 11.3. The second-order valence-corrected chi connectivity index (χ2v) is 14.1. The fourth-order valence-corrected chi connectivity index (χ4v) is 4.86. The molecular formula is C19H33NO3Si. The number of hydrogen-bond acceptors (Lipinski definition) is 4. The van der Waals surface area contributed by atoms with Crippen LogP contribution in [0.4, 0.5) is 0 Å². The van der Waals surface area contributed by atoms with E-state index < -0.39 is 13.9 Å². The number of aryl methyl sites for hydroxylation is 1. The van der Waals surface area contributed by atoms with E-state index in [-0.39, 0.29) is 11.0 Å². The van der Waals surface area contributed by atoms with Crippen molar-refractivity contribution < 1.29 is 13.9 Å². The summed E-state index contributed by atoms with van der Waals surface area (Å²) in [6, 6.07) is 4.32. The minimum atomic E-state index is -1.72. The number of aliphatic hydroxyl groups is 1. The quantitative estimate of drug-likeness (QED) is 0.836. The molecule has 3 fully saturated rings. The smallest absolute Gasteiger partial charge is 0.192 e. The summed E-state index contributed by atoms with van der Waals surface area (Å²) in [5.41, 5.74) is -0.833. The molecule has 0 aliphatic carbocycles. The molecule has 3 aliphatic heterocycles. The number of nitrogens with zero attached hydrogens (tertiary/aromatic N) is 1. The van der Waals surface area contributed by atoms with Crippen molar-refractivity contribution >= 4 is 8.32 Å². The predicted octanol–water partition coefficient (Wildman–Crippen LogP) is 3.89. The highest BCUT2D eigenvalue weighted by atomic mass is 28.4. The van der Waals surface area contributed by atoms with Gasteiger partial charge >= 0.3 is 0 Å². The van der Waals surface area contributed by atoms with E-state index in [0.717, 1.165) is 37.5 Å². The summed E-state index contributed by atoms with van der Waals surface area (Å²) in [5.74, 6) is 1.87. The highest BCUT2D eigenvalue weighted by Crippen LogP contribution is 2.46. The summed E-state index contributed by atoms with van der Waals surface area (Å²) in [4.78, 5) is 2.41. The van der Waals surface area contributed by atoms with Crippen LogP contribution < -0.4 is 0 Å². The Morgan fingerprint density at radius 3 is 2.58 bits per heavy atom. The lowest BCUT2D eigenvalue weighted by Gasteiger charge is -2.54. The van der Waals surface area contributed by atoms with Gasteiger partial charge in [-0.15, -0.1) is 0 Å². The normalized spacial score (nSPS) is 33.9. The lowest BCUT2D eigenvalue weighted by Crippen LogP contribution is -2.62. The van der Waals surface area contributed by atoms with Crippen molar-refractivity contribution in [2.45, 2.75) is 70.3 Å². The molecule has 4 atom stereocenters. The molecule has 4 nitrogen and oxygen atoms in total. The molecule has 0 saturated carbocycles. The fourth-order valence-electron chi connectivity index (χ4n) is 3.82. The van der Waals surface area contributed by atoms with Crippen molar-refractivity contribution in [3.63, 3.8) is 0 Å². The number of fused-ring (bicyclic) bond motifs is 3. The van der Waals surface area contributed by atoms with E-state index in [9.17, 15) is 5.11 Å². The van der Waals surface area contributed by atoms with Crippen LogP contribution >= 0.6 is 0 Å². The van der Waals surface area contributed by atoms with Gasteiger partial charge in [-0.1, -0.05) is 20.8 Å². The number of hydrogen-bond donors (Lipinski definition) is 1. The van der Waals surface area contributed by atoms with Gasteiger partial charge in [0, 0.05) is 19.2 Å². The molecule has 3 aliphatic rings. The highest BCUT2D eigenvalue weighted by molar-refractivity contribution is 6.74. The van der Waals surface area contributed by atoms with Crippen LogP contribution in [0.3, 0.4) is 0 Å². The number of rotatable bonds is 4. The summed E-state index contributed by atoms with van der Waals surface area (Å²) >= 11 is 0. The third kappa shape index (κ3) is 3.12. The Kier molecular flexibility index (Phi) is 4.52. The summed E-state index contributed by atoms with van der Waals surface area (Å²) in [6.07, 6.45) is 2.03. The largest absolute Gasteiger partial charge is 0.463 e. The van der Waals surface area contributed by atoms with E-state index in [1.54, 1.807) is 0 Å². The van der Waals surface area contributed by atoms with Gasteiger partial charge in [-0.2, -0.15) is 0 Å². The average molecular weight is 352 g/mol. The van der Waals surface area contributed by atoms with Crippen molar-refractivity contribution in [3.05, 3.63) is 23.7 Å². The number of piperidine rings is 3. The third-order valence-corrected chi connectivity index (χ3v) is 11.1. The van der Waals surface area contributed by atoms with Crippen molar-refractivity contribution in [1.82, 2.24) is 4.90 Å². The molecule has 0 amide bonds. The van der Waals surface area contributed by atoms with Crippen LogP contribution in [0.25, 0.3) is 0 Å². The van der Waals surface area contributed by atoms with E-state index >= 15 is 0 Å². The van der Waals surface area contributed by atoms with Gasteiger partial charge in [0.1, 0.15) is 17.1 Å². The van der Waals surface area contributed by atoms with Gasteiger partial charge in [-0.25, -0.2) is 0 Å². The van der Waals surface area contributed by atoms with E-state index in [1.807, 2.05) is 19.1 Å². The first-order valence-electron chi connectivity index (χ1n) is 9.20. The highest BCUT2D eigenvalue weighted by Gasteiger charge is 2.52. The minimum Gasteiger partial charge on any atom is -0.463 e. The van der Waals surface area contributed by atoms with Gasteiger partial charge < -0.3 is 13.9 Å². The summed E-state index contributed by atoms with van der Waals surface area (Å²) in [7, 11) is -1.72. The van der Waals surface area contributed by atoms with Gasteiger partial charge in [0.25, 0.3) is 0 Å². The van der Waals surface area contributed by atoms with Crippen molar-refractivity contribution in [1.29, 1.82) is 0 Å². The van der Waals surface area contributed by atoms with Gasteiger partial charge in [0.2, 0.25) is 0 Å². The first-order chi connectivity index (χ1) is 11.0. The molecule has 0 radical (unpaired) electrons. The van der Waals surface area contributed by atoms with Crippen LogP contribution in [-0.2, 0) is 10.0 Å². The van der Waals surface area contributed by atoms with Crippen molar-refractivity contribution in [3.8, 4) is 0 Å². The topological polar surface area (TPSA) is 45.8 Å². The molecule has 4 heterocycles. The molecule has 1 unspecified atom stereocenters. The van der Waals surface area contributed by atoms with Gasteiger partial charge in [-0.05, 0) is 62.5 Å². The zero-order chi connectivity index (χ0) is 17.8. The summed E-state index contributed by atoms with van der Waals surface area (Å²) in [5, 5.41) is 11.5. The molecule has 1 aromatic heterocycles. The Hall–Kier alpha value is -0.623. The Labute approximate surface area is 147 Å². The van der Waals surface area contributed by atoms with Gasteiger partial charge in [0.05, 0.1) is 0 Å². The molecular weight excluding hydrogens is 318 g/mol. The fraction of sp³-hybridized carbons (Fsp3) is 0.789. The van der Waals surface area contributed by atoms with Crippen LogP contribution in [0, 0.1) is 12.8 Å². The first-order valence-corrected chi connectivity index (χ1v) is 12.1. The zero-order valence-electron chi connectivity index (χ0n) is 16.1. The molecule has 1 aromatic rings. The molecule has 24 heavy (non-hydrogen) atoms. The molecule has 1 N–H and O–H groups in total. The second-order valence-electron chi connectivity index (χ2n) is 9.25. The molecule has 3 saturated heterocycles. The third-order valence-electron chi connectivity index (χ3n) is 6.57. The lowest BCUT2D eigenvalue weighted by molar-refractivity contribution is -0.154. The van der Waals surface area contributed by atoms with E-state index in [0.29, 0.717) is 12.6 Å². The molecule has 2 bridgehead atoms. The number of furan rings is 1. The Bertz CT molecular complexity index is 592. The maximum Gasteiger partial charge on any atom is 0.192 e. The first kappa shape index (κ1) is 18.2. The standard InChI is InChI=1S/C19H33NO3Si/c1-14-7-8-17(23-14)19(21)13-20-10-9-15(19)11-16(20)12-22-24(5,6)18(2,3)4/h7-8,15-16,21H,9-13H2,1-6H3/t15-,16-,19+/m0/s1. The molecule has 136 valence electrons. The SMILES string of the molecule is Cc1ccc([C@@]2(O)CN3CC[C@H]2C[C@H]3CO[Si](C)(C)C(C)(C)C)o1. The molecule has 5 heteroatoms. The average Bonchev–Trinajstić information content (AvgIpc) is 2.92. The van der Waals surface area contributed by atoms with E-state index in [1.165, 1.54) is 0 Å². The van der Waals surface area contributed by atoms with Crippen molar-refractivity contribution in [2.75, 3.05) is 19.7 Å². The van der Waals surface area contributed by atoms with Crippen LogP contribution in [0.1, 0.15) is 45.1 Å². The van der Waals surface area contributed by atoms with Crippen LogP contribution in [-0.4, -0.2) is 44.1 Å². The minimum absolute atomic E-state index is 0.239. The Morgan fingerprint density at radius 2 is 2.08 bits per heavy atom. The van der Waals surface area contributed by atoms with Gasteiger partial charge in [0.15, 0.2) is 8.32 Å². The predicted molar refractivity (Wildman–Crippen MR) is 98.6 cm³/mol. The zero-order valence-corrected chi connectivity index (χ0v) is 17.1. The lowest BCUT2D eigenvalue weighted by atomic mass is 9.71. The maximum absolute atomic E-state index is 11.3. The Morgan fingerprint density at radius 1 is 1.38 bits per heavy atom. The second kappa shape index (κ2) is 5.97. The molecule has 4 rings (SSSR count). The van der Waals surface area contributed by atoms with Crippen molar-refractivity contribution in [2.24, 2.45) is 5.92 Å². The van der Waals surface area contributed by atoms with Gasteiger partial charge in [-0.3, -0.25) is 4.90 Å². The van der Waals surface area contributed by atoms with Crippen LogP contribution in [0.5, 0.6) is 0 Å². The molecule has 0 spiro atoms. The summed E-state index contributed by atoms with van der Waals surface area (Å²) in [6.45, 7) is 15.9. The molecule has 0 aromatic carbocycles. The van der Waals surface area contributed by atoms with Crippen LogP contribution in [0.2, 0.25) is 18.1 Å². The van der Waals surface area contributed by atoms with E-state index in [2.05, 4.69) is 38.8 Å². The Balaban J connectivity index is 1.68. The van der Waals surface area contributed by atoms with Crippen LogP contribution in [0.15, 0.2) is 16.5 Å². The van der Waals surface area contributed by atoms with E-state index in [4.69, 9.17) is 8.84 Å². The monoisotopic (exact) mass is 351 g/mol.